The smallest absolute Gasteiger partial charge is 0.422 e. The minimum atomic E-state index is -4.43. The Kier molecular flexibility index (Phi) is 5.04. The van der Waals surface area contributed by atoms with Crippen LogP contribution in [0.15, 0.2) is 28.6 Å². The monoisotopic (exact) mass is 433 g/mol. The summed E-state index contributed by atoms with van der Waals surface area (Å²) in [6, 6.07) is -0.542. The topological polar surface area (TPSA) is 72.8 Å². The fourth-order valence-electron chi connectivity index (χ4n) is 2.01. The Bertz CT molecular complexity index is 871. The van der Waals surface area contributed by atoms with Crippen LogP contribution in [0, 0.1) is 0 Å². The van der Waals surface area contributed by atoms with Gasteiger partial charge in [0.15, 0.2) is 6.61 Å². The van der Waals surface area contributed by atoms with E-state index in [-0.39, 0.29) is 12.1 Å². The van der Waals surface area contributed by atoms with Crippen molar-refractivity contribution in [3.8, 4) is 6.01 Å². The largest absolute Gasteiger partial charge is 0.454 e. The molecule has 25 heavy (non-hydrogen) atoms. The zero-order valence-electron chi connectivity index (χ0n) is 12.7. The molecule has 0 amide bonds. The maximum Gasteiger partial charge on any atom is 0.422 e. The molecule has 0 aromatic carbocycles. The molecule has 0 aliphatic carbocycles. The molecule has 0 aliphatic heterocycles. The number of alkyl halides is 3. The summed E-state index contributed by atoms with van der Waals surface area (Å²) in [4.78, 5) is 16.9. The molecule has 0 fully saturated rings. The van der Waals surface area contributed by atoms with Gasteiger partial charge in [-0.25, -0.2) is 19.9 Å². The lowest BCUT2D eigenvalue weighted by molar-refractivity contribution is -0.154. The molecule has 1 N–H and O–H groups in total. The highest BCUT2D eigenvalue weighted by molar-refractivity contribution is 9.10. The molecule has 1 atom stereocenters. The Morgan fingerprint density at radius 3 is 2.64 bits per heavy atom. The lowest BCUT2D eigenvalue weighted by Crippen LogP contribution is -2.20. The molecule has 0 saturated carbocycles. The van der Waals surface area contributed by atoms with Crippen molar-refractivity contribution < 1.29 is 17.9 Å². The normalized spacial score (nSPS) is 13.0. The number of hydrogen-bond donors (Lipinski definition) is 1. The molecule has 1 unspecified atom stereocenters. The van der Waals surface area contributed by atoms with Crippen molar-refractivity contribution in [3.63, 3.8) is 0 Å². The molecule has 0 saturated heterocycles. The second kappa shape index (κ2) is 7.08. The molecule has 0 aliphatic rings. The van der Waals surface area contributed by atoms with E-state index in [0.29, 0.717) is 11.4 Å². The summed E-state index contributed by atoms with van der Waals surface area (Å²) in [5.41, 5.74) is 0.678. The predicted molar refractivity (Wildman–Crippen MR) is 90.7 cm³/mol. The van der Waals surface area contributed by atoms with E-state index in [0.717, 1.165) is 14.7 Å². The van der Waals surface area contributed by atoms with E-state index < -0.39 is 12.8 Å². The van der Waals surface area contributed by atoms with Crippen molar-refractivity contribution in [2.45, 2.75) is 19.1 Å². The van der Waals surface area contributed by atoms with Crippen LogP contribution < -0.4 is 10.1 Å². The molecule has 3 aromatic rings. The van der Waals surface area contributed by atoms with Gasteiger partial charge in [0.2, 0.25) is 0 Å². The van der Waals surface area contributed by atoms with E-state index >= 15 is 0 Å². The summed E-state index contributed by atoms with van der Waals surface area (Å²) < 4.78 is 41.7. The van der Waals surface area contributed by atoms with E-state index in [4.69, 9.17) is 0 Å². The molecule has 3 aromatic heterocycles. The van der Waals surface area contributed by atoms with Crippen LogP contribution in [0.1, 0.15) is 18.5 Å². The zero-order chi connectivity index (χ0) is 18.0. The number of fused-ring (bicyclic) bond motifs is 1. The second-order valence-electron chi connectivity index (χ2n) is 5.05. The average molecular weight is 434 g/mol. The number of hydrogen-bond acceptors (Lipinski definition) is 7. The van der Waals surface area contributed by atoms with Crippen molar-refractivity contribution in [1.82, 2.24) is 19.9 Å². The number of rotatable bonds is 5. The fourth-order valence-corrected chi connectivity index (χ4v) is 3.56. The van der Waals surface area contributed by atoms with Gasteiger partial charge in [0.1, 0.15) is 17.0 Å². The molecule has 132 valence electrons. The molecule has 11 heteroatoms. The number of nitrogens with one attached hydrogen (secondary N) is 1. The minimum absolute atomic E-state index is 0.221. The standard InChI is InChI=1S/C14H11BrF3N5OS/c1-7(8-2-19-13(20-3-8)24-5-14(16,17)18)23-11-10-9(15)4-25-12(10)22-6-21-11/h2-4,6-7H,5H2,1H3,(H,21,22,23). The molecular weight excluding hydrogens is 423 g/mol. The number of nitrogens with zero attached hydrogens (tertiary/aromatic N) is 4. The first kappa shape index (κ1) is 17.8. The molecule has 0 bridgehead atoms. The SMILES string of the molecule is CC(Nc1ncnc2scc(Br)c12)c1cnc(OCC(F)(F)F)nc1. The molecule has 6 nitrogen and oxygen atoms in total. The summed E-state index contributed by atoms with van der Waals surface area (Å²) >= 11 is 4.95. The summed E-state index contributed by atoms with van der Waals surface area (Å²) in [5.74, 6) is 0.642. The van der Waals surface area contributed by atoms with Crippen LogP contribution in [0.25, 0.3) is 10.2 Å². The lowest BCUT2D eigenvalue weighted by atomic mass is 10.2. The summed E-state index contributed by atoms with van der Waals surface area (Å²) in [6.07, 6.45) is -0.136. The van der Waals surface area contributed by atoms with Crippen molar-refractivity contribution >= 4 is 43.3 Å². The van der Waals surface area contributed by atoms with Crippen LogP contribution in [-0.4, -0.2) is 32.7 Å². The third-order valence-electron chi connectivity index (χ3n) is 3.19. The van der Waals surface area contributed by atoms with Gasteiger partial charge in [0.05, 0.1) is 11.4 Å². The number of thiophene rings is 1. The predicted octanol–water partition coefficient (Wildman–Crippen LogP) is 4.36. The van der Waals surface area contributed by atoms with Crippen LogP contribution in [-0.2, 0) is 0 Å². The maximum absolute atomic E-state index is 12.1. The van der Waals surface area contributed by atoms with Crippen LogP contribution in [0.5, 0.6) is 6.01 Å². The van der Waals surface area contributed by atoms with Gasteiger partial charge in [-0.15, -0.1) is 11.3 Å². The highest BCUT2D eigenvalue weighted by Gasteiger charge is 2.29. The van der Waals surface area contributed by atoms with E-state index in [9.17, 15) is 13.2 Å². The van der Waals surface area contributed by atoms with Gasteiger partial charge in [-0.05, 0) is 22.9 Å². The van der Waals surface area contributed by atoms with Crippen molar-refractivity contribution in [2.75, 3.05) is 11.9 Å². The Balaban J connectivity index is 1.72. The first-order valence-corrected chi connectivity index (χ1v) is 8.66. The first-order chi connectivity index (χ1) is 11.8. The molecule has 0 radical (unpaired) electrons. The quantitative estimate of drug-likeness (QED) is 0.644. The fraction of sp³-hybridized carbons (Fsp3) is 0.286. The highest BCUT2D eigenvalue weighted by Crippen LogP contribution is 2.34. The Labute approximate surface area is 152 Å². The Morgan fingerprint density at radius 1 is 1.24 bits per heavy atom. The van der Waals surface area contributed by atoms with Crippen LogP contribution in [0.3, 0.4) is 0 Å². The second-order valence-corrected chi connectivity index (χ2v) is 6.77. The van der Waals surface area contributed by atoms with Gasteiger partial charge in [0.25, 0.3) is 0 Å². The number of aromatic nitrogens is 4. The third-order valence-corrected chi connectivity index (χ3v) is 5.01. The molecular formula is C14H11BrF3N5OS. The van der Waals surface area contributed by atoms with Crippen molar-refractivity contribution in [2.24, 2.45) is 0 Å². The number of ether oxygens (including phenoxy) is 1. The summed E-state index contributed by atoms with van der Waals surface area (Å²) in [6.45, 7) is 0.439. The van der Waals surface area contributed by atoms with Gasteiger partial charge in [0, 0.05) is 27.8 Å². The number of halogens is 4. The van der Waals surface area contributed by atoms with Crippen LogP contribution in [0.4, 0.5) is 19.0 Å². The van der Waals surface area contributed by atoms with E-state index in [1.54, 1.807) is 0 Å². The Hall–Kier alpha value is -2.01. The Morgan fingerprint density at radius 2 is 1.96 bits per heavy atom. The summed E-state index contributed by atoms with van der Waals surface area (Å²) in [5, 5.41) is 6.02. The van der Waals surface area contributed by atoms with E-state index in [1.807, 2.05) is 12.3 Å². The van der Waals surface area contributed by atoms with Gasteiger partial charge in [-0.1, -0.05) is 0 Å². The van der Waals surface area contributed by atoms with Crippen molar-refractivity contribution in [3.05, 3.63) is 34.1 Å². The minimum Gasteiger partial charge on any atom is -0.454 e. The van der Waals surface area contributed by atoms with Crippen LogP contribution in [0.2, 0.25) is 0 Å². The third kappa shape index (κ3) is 4.34. The van der Waals surface area contributed by atoms with Gasteiger partial charge >= 0.3 is 12.2 Å². The van der Waals surface area contributed by atoms with Gasteiger partial charge < -0.3 is 10.1 Å². The maximum atomic E-state index is 12.1. The molecule has 3 rings (SSSR count). The molecule has 3 heterocycles. The van der Waals surface area contributed by atoms with E-state index in [1.165, 1.54) is 30.1 Å². The molecule has 0 spiro atoms. The number of anilines is 1. The summed E-state index contributed by atoms with van der Waals surface area (Å²) in [7, 11) is 0. The van der Waals surface area contributed by atoms with Crippen molar-refractivity contribution in [1.29, 1.82) is 0 Å². The highest BCUT2D eigenvalue weighted by atomic mass is 79.9. The van der Waals surface area contributed by atoms with E-state index in [2.05, 4.69) is 45.9 Å². The zero-order valence-corrected chi connectivity index (χ0v) is 15.1. The van der Waals surface area contributed by atoms with Gasteiger partial charge in [-0.2, -0.15) is 13.2 Å². The van der Waals surface area contributed by atoms with Gasteiger partial charge in [-0.3, -0.25) is 0 Å². The average Bonchev–Trinajstić information content (AvgIpc) is 2.95. The first-order valence-electron chi connectivity index (χ1n) is 6.99. The van der Waals surface area contributed by atoms with Crippen LogP contribution >= 0.6 is 27.3 Å². The lowest BCUT2D eigenvalue weighted by Gasteiger charge is -2.15.